The number of nitrogens with one attached hydrogen (secondary N) is 1. The maximum atomic E-state index is 13.4. The highest BCUT2D eigenvalue weighted by Gasteiger charge is 2.29. The summed E-state index contributed by atoms with van der Waals surface area (Å²) in [5, 5.41) is 5.24. The average molecular weight is 578 g/mol. The SMILES string of the molecule is C=CC(C)C=CC1=C(C)N(C(=O)c2csc(CN(C)S(=O)c3ccc(Br)cc3)n2)CC(NC=O)C1. The number of amides is 2. The topological polar surface area (TPSA) is 82.6 Å². The predicted molar refractivity (Wildman–Crippen MR) is 144 cm³/mol. The van der Waals surface area contributed by atoms with Crippen molar-refractivity contribution in [3.8, 4) is 0 Å². The quantitative estimate of drug-likeness (QED) is 0.329. The molecule has 0 radical (unpaired) electrons. The third kappa shape index (κ3) is 7.07. The van der Waals surface area contributed by atoms with E-state index in [-0.39, 0.29) is 17.9 Å². The lowest BCUT2D eigenvalue weighted by atomic mass is 9.96. The maximum absolute atomic E-state index is 13.4. The van der Waals surface area contributed by atoms with Crippen LogP contribution in [0.15, 0.2) is 75.1 Å². The Hall–Kier alpha value is -2.40. The highest BCUT2D eigenvalue weighted by molar-refractivity contribution is 9.10. The van der Waals surface area contributed by atoms with Crippen LogP contribution in [0.1, 0.15) is 35.8 Å². The molecule has 186 valence electrons. The lowest BCUT2D eigenvalue weighted by Crippen LogP contribution is -2.46. The van der Waals surface area contributed by atoms with E-state index < -0.39 is 11.0 Å². The minimum atomic E-state index is -1.35. The minimum absolute atomic E-state index is 0.184. The van der Waals surface area contributed by atoms with E-state index in [1.807, 2.05) is 56.3 Å². The number of benzene rings is 1. The fraction of sp³-hybridized carbons (Fsp3) is 0.320. The van der Waals surface area contributed by atoms with Gasteiger partial charge in [-0.3, -0.25) is 9.59 Å². The van der Waals surface area contributed by atoms with Gasteiger partial charge in [0.15, 0.2) is 0 Å². The number of rotatable bonds is 10. The van der Waals surface area contributed by atoms with Crippen LogP contribution in [0, 0.1) is 5.92 Å². The second kappa shape index (κ2) is 12.5. The molecule has 0 bridgehead atoms. The number of carbonyl (C=O) groups is 2. The average Bonchev–Trinajstić information content (AvgIpc) is 3.32. The summed E-state index contributed by atoms with van der Waals surface area (Å²) in [5.74, 6) is -0.0262. The van der Waals surface area contributed by atoms with Gasteiger partial charge in [-0.05, 0) is 49.1 Å². The lowest BCUT2D eigenvalue weighted by Gasteiger charge is -2.34. The van der Waals surface area contributed by atoms with Crippen LogP contribution in [0.5, 0.6) is 0 Å². The molecule has 2 aromatic rings. The number of aromatic nitrogens is 1. The summed E-state index contributed by atoms with van der Waals surface area (Å²) >= 11 is 4.74. The van der Waals surface area contributed by atoms with Crippen molar-refractivity contribution in [1.82, 2.24) is 19.5 Å². The first kappa shape index (κ1) is 27.2. The highest BCUT2D eigenvalue weighted by Crippen LogP contribution is 2.26. The van der Waals surface area contributed by atoms with E-state index in [0.717, 1.165) is 15.7 Å². The van der Waals surface area contributed by atoms with Crippen LogP contribution in [0.25, 0.3) is 0 Å². The molecule has 0 saturated heterocycles. The minimum Gasteiger partial charge on any atom is -0.354 e. The number of hydrogen-bond acceptors (Lipinski definition) is 5. The van der Waals surface area contributed by atoms with Crippen molar-refractivity contribution < 1.29 is 13.8 Å². The van der Waals surface area contributed by atoms with Crippen LogP contribution < -0.4 is 5.32 Å². The van der Waals surface area contributed by atoms with Gasteiger partial charge in [-0.25, -0.2) is 13.5 Å². The van der Waals surface area contributed by atoms with Crippen LogP contribution in [-0.4, -0.2) is 50.3 Å². The first-order valence-electron chi connectivity index (χ1n) is 11.1. The monoisotopic (exact) mass is 576 g/mol. The molecule has 0 saturated carbocycles. The molecule has 1 aliphatic rings. The molecule has 1 aliphatic heterocycles. The molecule has 3 rings (SSSR count). The Kier molecular flexibility index (Phi) is 9.73. The van der Waals surface area contributed by atoms with E-state index in [0.29, 0.717) is 41.5 Å². The summed E-state index contributed by atoms with van der Waals surface area (Å²) in [5.41, 5.74) is 2.16. The van der Waals surface area contributed by atoms with Crippen molar-refractivity contribution in [1.29, 1.82) is 0 Å². The number of thiazole rings is 1. The standard InChI is InChI=1S/C25H29BrN4O3S2/c1-5-17(2)6-7-19-12-21(27-16-31)13-30(18(19)3)25(32)23-15-34-24(28-23)14-29(4)35(33)22-10-8-20(26)9-11-22/h5-11,15-17,21H,1,12-14H2,2-4H3,(H,27,31). The number of allylic oxidation sites excluding steroid dienone is 4. The van der Waals surface area contributed by atoms with Crippen molar-refractivity contribution in [2.24, 2.45) is 5.92 Å². The summed E-state index contributed by atoms with van der Waals surface area (Å²) in [7, 11) is 0.414. The normalized spacial score (nSPS) is 18.1. The molecule has 2 amide bonds. The van der Waals surface area contributed by atoms with Crippen LogP contribution in [-0.2, 0) is 22.3 Å². The Morgan fingerprint density at radius 1 is 1.43 bits per heavy atom. The zero-order valence-corrected chi connectivity index (χ0v) is 23.2. The largest absolute Gasteiger partial charge is 0.354 e. The molecule has 3 atom stereocenters. The summed E-state index contributed by atoms with van der Waals surface area (Å²) in [6, 6.07) is 7.14. The van der Waals surface area contributed by atoms with E-state index in [1.54, 1.807) is 21.6 Å². The Bertz CT molecular complexity index is 1160. The molecular formula is C25H29BrN4O3S2. The zero-order chi connectivity index (χ0) is 25.5. The third-order valence-electron chi connectivity index (χ3n) is 5.69. The molecule has 0 spiro atoms. The lowest BCUT2D eigenvalue weighted by molar-refractivity contribution is -0.110. The smallest absolute Gasteiger partial charge is 0.277 e. The van der Waals surface area contributed by atoms with E-state index >= 15 is 0 Å². The van der Waals surface area contributed by atoms with Gasteiger partial charge in [-0.1, -0.05) is 41.1 Å². The van der Waals surface area contributed by atoms with Crippen molar-refractivity contribution in [2.75, 3.05) is 13.6 Å². The van der Waals surface area contributed by atoms with Crippen LogP contribution in [0.2, 0.25) is 0 Å². The summed E-state index contributed by atoms with van der Waals surface area (Å²) in [6.07, 6.45) is 7.18. The zero-order valence-electron chi connectivity index (χ0n) is 19.9. The van der Waals surface area contributed by atoms with Gasteiger partial charge in [0.1, 0.15) is 21.7 Å². The number of hydrogen-bond donors (Lipinski definition) is 1. The predicted octanol–water partition coefficient (Wildman–Crippen LogP) is 4.67. The molecule has 10 heteroatoms. The second-order valence-electron chi connectivity index (χ2n) is 8.28. The molecule has 1 aromatic heterocycles. The Labute approximate surface area is 221 Å². The summed E-state index contributed by atoms with van der Waals surface area (Å²) in [6.45, 7) is 8.47. The molecule has 3 unspecified atom stereocenters. The van der Waals surface area contributed by atoms with Gasteiger partial charge >= 0.3 is 0 Å². The number of nitrogens with zero attached hydrogens (tertiary/aromatic N) is 3. The van der Waals surface area contributed by atoms with Gasteiger partial charge in [0.2, 0.25) is 6.41 Å². The van der Waals surface area contributed by atoms with E-state index in [9.17, 15) is 13.8 Å². The third-order valence-corrected chi connectivity index (χ3v) is 8.42. The fourth-order valence-corrected chi connectivity index (χ4v) is 5.72. The molecule has 1 N–H and O–H groups in total. The van der Waals surface area contributed by atoms with E-state index in [1.165, 1.54) is 11.3 Å². The molecule has 2 heterocycles. The number of carbonyl (C=O) groups excluding carboxylic acids is 2. The van der Waals surface area contributed by atoms with Gasteiger partial charge in [0, 0.05) is 29.1 Å². The number of halogens is 1. The Balaban J connectivity index is 1.76. The molecule has 1 aromatic carbocycles. The highest BCUT2D eigenvalue weighted by atomic mass is 79.9. The summed E-state index contributed by atoms with van der Waals surface area (Å²) < 4.78 is 15.4. The van der Waals surface area contributed by atoms with Crippen molar-refractivity contribution in [2.45, 2.75) is 37.8 Å². The Morgan fingerprint density at radius 2 is 2.14 bits per heavy atom. The maximum Gasteiger partial charge on any atom is 0.277 e. The first-order valence-corrected chi connectivity index (χ1v) is 13.9. The van der Waals surface area contributed by atoms with Gasteiger partial charge in [0.05, 0.1) is 17.5 Å². The van der Waals surface area contributed by atoms with Crippen molar-refractivity contribution in [3.05, 3.63) is 80.9 Å². The molecule has 0 fully saturated rings. The van der Waals surface area contributed by atoms with Gasteiger partial charge in [-0.2, -0.15) is 0 Å². The van der Waals surface area contributed by atoms with Crippen molar-refractivity contribution in [3.63, 3.8) is 0 Å². The Morgan fingerprint density at radius 3 is 2.80 bits per heavy atom. The molecular weight excluding hydrogens is 548 g/mol. The van der Waals surface area contributed by atoms with Crippen LogP contribution in [0.3, 0.4) is 0 Å². The molecule has 7 nitrogen and oxygen atoms in total. The summed E-state index contributed by atoms with van der Waals surface area (Å²) in [4.78, 5) is 31.4. The van der Waals surface area contributed by atoms with Crippen LogP contribution >= 0.6 is 27.3 Å². The van der Waals surface area contributed by atoms with E-state index in [2.05, 4.69) is 32.8 Å². The van der Waals surface area contributed by atoms with Gasteiger partial charge in [-0.15, -0.1) is 17.9 Å². The van der Waals surface area contributed by atoms with Gasteiger partial charge in [0.25, 0.3) is 5.91 Å². The van der Waals surface area contributed by atoms with Gasteiger partial charge < -0.3 is 10.2 Å². The second-order valence-corrected chi connectivity index (χ2v) is 11.7. The van der Waals surface area contributed by atoms with Crippen LogP contribution in [0.4, 0.5) is 0 Å². The first-order chi connectivity index (χ1) is 16.7. The molecule has 0 aliphatic carbocycles. The fourth-order valence-electron chi connectivity index (χ4n) is 3.59. The van der Waals surface area contributed by atoms with Crippen molar-refractivity contribution >= 4 is 50.6 Å². The van der Waals surface area contributed by atoms with E-state index in [4.69, 9.17) is 0 Å². The molecule has 35 heavy (non-hydrogen) atoms.